The van der Waals surface area contributed by atoms with Gasteiger partial charge >= 0.3 is 0 Å². The van der Waals surface area contributed by atoms with Gasteiger partial charge in [-0.15, -0.1) is 0 Å². The Kier molecular flexibility index (Phi) is 5.20. The molecule has 1 nitrogen and oxygen atoms in total. The van der Waals surface area contributed by atoms with Crippen LogP contribution in [0.25, 0.3) is 0 Å². The molecule has 144 valence electrons. The van der Waals surface area contributed by atoms with Crippen molar-refractivity contribution in [1.82, 2.24) is 0 Å². The summed E-state index contributed by atoms with van der Waals surface area (Å²) >= 11 is 0. The molecule has 0 spiro atoms. The fraction of sp³-hybridized carbons (Fsp3) is 0.727. The molecule has 1 aliphatic heterocycles. The van der Waals surface area contributed by atoms with E-state index < -0.39 is 17.5 Å². The van der Waals surface area contributed by atoms with Crippen LogP contribution in [-0.2, 0) is 6.42 Å². The SMILES string of the molecule is CCC1CCC(C2CCC(C3Cc4c(cc(F)c(F)c4F)O3)CC2)CC1. The lowest BCUT2D eigenvalue weighted by atomic mass is 9.68. The van der Waals surface area contributed by atoms with Crippen LogP contribution in [0.5, 0.6) is 5.75 Å². The standard InChI is InChI=1S/C22H29F3O/c1-2-13-3-5-14(6-4-13)15-7-9-16(10-8-15)19-11-17-20(26-19)12-18(23)22(25)21(17)24/h12-16,19H,2-11H2,1H3. The van der Waals surface area contributed by atoms with E-state index in [0.29, 0.717) is 12.3 Å². The Hall–Kier alpha value is -1.19. The number of halogens is 3. The second-order valence-electron chi connectivity index (χ2n) is 8.69. The Balaban J connectivity index is 1.33. The molecule has 1 heterocycles. The summed E-state index contributed by atoms with van der Waals surface area (Å²) in [5.74, 6) is -0.400. The van der Waals surface area contributed by atoms with Crippen molar-refractivity contribution in [3.05, 3.63) is 29.1 Å². The van der Waals surface area contributed by atoms with Crippen molar-refractivity contribution in [2.45, 2.75) is 77.2 Å². The summed E-state index contributed by atoms with van der Waals surface area (Å²) in [4.78, 5) is 0. The number of rotatable bonds is 3. The molecule has 0 radical (unpaired) electrons. The lowest BCUT2D eigenvalue weighted by molar-refractivity contribution is 0.0851. The van der Waals surface area contributed by atoms with Crippen LogP contribution in [0.1, 0.15) is 70.3 Å². The normalized spacial score (nSPS) is 34.4. The van der Waals surface area contributed by atoms with Gasteiger partial charge in [-0.3, -0.25) is 0 Å². The molecule has 0 aromatic heterocycles. The molecule has 1 unspecified atom stereocenters. The fourth-order valence-electron chi connectivity index (χ4n) is 5.63. The van der Waals surface area contributed by atoms with Crippen LogP contribution in [0.3, 0.4) is 0 Å². The van der Waals surface area contributed by atoms with Crippen molar-refractivity contribution < 1.29 is 17.9 Å². The summed E-state index contributed by atoms with van der Waals surface area (Å²) in [6, 6.07) is 1.01. The van der Waals surface area contributed by atoms with Crippen LogP contribution in [0, 0.1) is 41.1 Å². The molecule has 2 aliphatic carbocycles. The number of ether oxygens (including phenoxy) is 1. The monoisotopic (exact) mass is 366 g/mol. The molecular formula is C22H29F3O. The first-order valence-electron chi connectivity index (χ1n) is 10.4. The molecule has 2 fully saturated rings. The van der Waals surface area contributed by atoms with Gasteiger partial charge in [0, 0.05) is 18.1 Å². The molecule has 3 aliphatic rings. The fourth-order valence-corrected chi connectivity index (χ4v) is 5.63. The predicted octanol–water partition coefficient (Wildman–Crippen LogP) is 6.43. The maximum absolute atomic E-state index is 14.0. The second kappa shape index (κ2) is 7.44. The Labute approximate surface area is 154 Å². The molecule has 1 aromatic carbocycles. The lowest BCUT2D eigenvalue weighted by Gasteiger charge is -2.38. The molecule has 4 heteroatoms. The average molecular weight is 366 g/mol. The largest absolute Gasteiger partial charge is 0.489 e. The Morgan fingerprint density at radius 1 is 0.846 bits per heavy atom. The molecule has 26 heavy (non-hydrogen) atoms. The average Bonchev–Trinajstić information content (AvgIpc) is 3.10. The van der Waals surface area contributed by atoms with E-state index >= 15 is 0 Å². The number of hydrogen-bond acceptors (Lipinski definition) is 1. The van der Waals surface area contributed by atoms with E-state index in [-0.39, 0.29) is 17.4 Å². The van der Waals surface area contributed by atoms with Crippen LogP contribution in [-0.4, -0.2) is 6.10 Å². The topological polar surface area (TPSA) is 9.23 Å². The lowest BCUT2D eigenvalue weighted by Crippen LogP contribution is -2.32. The Morgan fingerprint density at radius 2 is 1.42 bits per heavy atom. The molecule has 1 atom stereocenters. The van der Waals surface area contributed by atoms with Crippen LogP contribution >= 0.6 is 0 Å². The zero-order valence-corrected chi connectivity index (χ0v) is 15.6. The highest BCUT2D eigenvalue weighted by atomic mass is 19.2. The van der Waals surface area contributed by atoms with Gasteiger partial charge in [0.25, 0.3) is 0 Å². The summed E-state index contributed by atoms with van der Waals surface area (Å²) in [6.45, 7) is 2.30. The zero-order chi connectivity index (χ0) is 18.3. The van der Waals surface area contributed by atoms with Gasteiger partial charge in [-0.25, -0.2) is 13.2 Å². The van der Waals surface area contributed by atoms with Gasteiger partial charge < -0.3 is 4.74 Å². The molecule has 1 aromatic rings. The maximum Gasteiger partial charge on any atom is 0.194 e. The van der Waals surface area contributed by atoms with Crippen LogP contribution in [0.15, 0.2) is 6.07 Å². The molecule has 0 N–H and O–H groups in total. The molecule has 0 amide bonds. The van der Waals surface area contributed by atoms with Crippen molar-refractivity contribution >= 4 is 0 Å². The maximum atomic E-state index is 14.0. The highest BCUT2D eigenvalue weighted by Crippen LogP contribution is 2.45. The van der Waals surface area contributed by atoms with Gasteiger partial charge in [-0.1, -0.05) is 26.2 Å². The Morgan fingerprint density at radius 3 is 2.04 bits per heavy atom. The Bertz CT molecular complexity index is 643. The van der Waals surface area contributed by atoms with E-state index in [9.17, 15) is 13.2 Å². The van der Waals surface area contributed by atoms with Crippen LogP contribution in [0.4, 0.5) is 13.2 Å². The van der Waals surface area contributed by atoms with Crippen molar-refractivity contribution in [3.63, 3.8) is 0 Å². The molecular weight excluding hydrogens is 337 g/mol. The minimum absolute atomic E-state index is 0.127. The number of benzene rings is 1. The van der Waals surface area contributed by atoms with Crippen molar-refractivity contribution in [2.24, 2.45) is 23.7 Å². The van der Waals surface area contributed by atoms with Gasteiger partial charge in [0.15, 0.2) is 17.5 Å². The smallest absolute Gasteiger partial charge is 0.194 e. The van der Waals surface area contributed by atoms with Crippen LogP contribution < -0.4 is 4.74 Å². The third-order valence-electron chi connectivity index (χ3n) is 7.38. The number of hydrogen-bond donors (Lipinski definition) is 0. The molecule has 4 rings (SSSR count). The van der Waals surface area contributed by atoms with Crippen molar-refractivity contribution in [2.75, 3.05) is 0 Å². The van der Waals surface area contributed by atoms with E-state index in [2.05, 4.69) is 6.92 Å². The van der Waals surface area contributed by atoms with E-state index in [0.717, 1.165) is 36.7 Å². The molecule has 0 saturated heterocycles. The summed E-state index contributed by atoms with van der Waals surface area (Å²) in [5, 5.41) is 0. The molecule has 0 bridgehead atoms. The summed E-state index contributed by atoms with van der Waals surface area (Å²) in [6.07, 6.45) is 11.7. The van der Waals surface area contributed by atoms with E-state index in [1.165, 1.54) is 44.9 Å². The first kappa shape index (κ1) is 18.2. The summed E-state index contributed by atoms with van der Waals surface area (Å²) < 4.78 is 46.7. The summed E-state index contributed by atoms with van der Waals surface area (Å²) in [5.41, 5.74) is 0.217. The van der Waals surface area contributed by atoms with Crippen molar-refractivity contribution in [1.29, 1.82) is 0 Å². The third kappa shape index (κ3) is 3.36. The van der Waals surface area contributed by atoms with Gasteiger partial charge in [0.1, 0.15) is 11.9 Å². The van der Waals surface area contributed by atoms with E-state index in [1.54, 1.807) is 0 Å². The van der Waals surface area contributed by atoms with Gasteiger partial charge in [0.05, 0.1) is 0 Å². The quantitative estimate of drug-likeness (QED) is 0.560. The predicted molar refractivity (Wildman–Crippen MR) is 95.6 cm³/mol. The van der Waals surface area contributed by atoms with E-state index in [1.807, 2.05) is 0 Å². The van der Waals surface area contributed by atoms with Crippen molar-refractivity contribution in [3.8, 4) is 5.75 Å². The zero-order valence-electron chi connectivity index (χ0n) is 15.6. The van der Waals surface area contributed by atoms with E-state index in [4.69, 9.17) is 4.74 Å². The highest BCUT2D eigenvalue weighted by Gasteiger charge is 2.38. The number of fused-ring (bicyclic) bond motifs is 1. The van der Waals surface area contributed by atoms with Gasteiger partial charge in [-0.2, -0.15) is 0 Å². The van der Waals surface area contributed by atoms with Crippen LogP contribution in [0.2, 0.25) is 0 Å². The summed E-state index contributed by atoms with van der Waals surface area (Å²) in [7, 11) is 0. The van der Waals surface area contributed by atoms with Gasteiger partial charge in [-0.05, 0) is 62.2 Å². The minimum atomic E-state index is -1.38. The first-order valence-corrected chi connectivity index (χ1v) is 10.4. The first-order chi connectivity index (χ1) is 12.6. The van der Waals surface area contributed by atoms with Gasteiger partial charge in [0.2, 0.25) is 0 Å². The molecule has 2 saturated carbocycles. The highest BCUT2D eigenvalue weighted by molar-refractivity contribution is 5.40. The minimum Gasteiger partial charge on any atom is -0.489 e. The second-order valence-corrected chi connectivity index (χ2v) is 8.69. The third-order valence-corrected chi connectivity index (χ3v) is 7.38.